The van der Waals surface area contributed by atoms with Crippen molar-refractivity contribution in [3.63, 3.8) is 0 Å². The number of ether oxygens (including phenoxy) is 1. The van der Waals surface area contributed by atoms with Gasteiger partial charge in [-0.3, -0.25) is 24.0 Å². The van der Waals surface area contributed by atoms with E-state index < -0.39 is 35.8 Å². The van der Waals surface area contributed by atoms with E-state index in [1.807, 2.05) is 84.9 Å². The van der Waals surface area contributed by atoms with Crippen molar-refractivity contribution in [1.82, 2.24) is 25.3 Å². The lowest BCUT2D eigenvalue weighted by Crippen LogP contribution is -2.48. The molecule has 1 saturated heterocycles. The first-order valence-electron chi connectivity index (χ1n) is 18.8. The second kappa shape index (κ2) is 16.6. The smallest absolute Gasteiger partial charge is 0.258 e. The van der Waals surface area contributed by atoms with Gasteiger partial charge in [-0.1, -0.05) is 84.9 Å². The maximum absolute atomic E-state index is 14.7. The molecule has 5 amide bonds. The summed E-state index contributed by atoms with van der Waals surface area (Å²) in [5, 5.41) is 10.1. The molecular weight excluding hydrogens is 714 g/mol. The SMILES string of the molecule is CN1CC(=O)N2C[C@@H](NC(=O)Cc3ccc4ccccc4c3)C[C@H]2COc2ccc(F)cc2C(=O)N(C)[C@H](C(=O)NCc2cccc3ccccc23)CCC1=O. The van der Waals surface area contributed by atoms with Crippen LogP contribution in [0.1, 0.15) is 40.7 Å². The van der Waals surface area contributed by atoms with E-state index in [1.165, 1.54) is 36.0 Å². The average molecular weight is 758 g/mol. The van der Waals surface area contributed by atoms with Crippen LogP contribution in [-0.4, -0.2) is 96.2 Å². The van der Waals surface area contributed by atoms with Crippen molar-refractivity contribution < 1.29 is 33.1 Å². The summed E-state index contributed by atoms with van der Waals surface area (Å²) in [7, 11) is 2.96. The van der Waals surface area contributed by atoms with Crippen molar-refractivity contribution in [2.45, 2.75) is 50.4 Å². The van der Waals surface area contributed by atoms with E-state index in [9.17, 15) is 28.4 Å². The zero-order chi connectivity index (χ0) is 39.3. The summed E-state index contributed by atoms with van der Waals surface area (Å²) in [5.74, 6) is -2.67. The van der Waals surface area contributed by atoms with Crippen molar-refractivity contribution >= 4 is 51.1 Å². The van der Waals surface area contributed by atoms with Gasteiger partial charge in [-0.2, -0.15) is 0 Å². The molecule has 2 N–H and O–H groups in total. The molecule has 0 unspecified atom stereocenters. The largest absolute Gasteiger partial charge is 0.491 e. The summed E-state index contributed by atoms with van der Waals surface area (Å²) in [5.41, 5.74) is 1.63. The zero-order valence-electron chi connectivity index (χ0n) is 31.4. The fourth-order valence-electron chi connectivity index (χ4n) is 7.69. The molecule has 0 radical (unpaired) electrons. The van der Waals surface area contributed by atoms with Crippen LogP contribution in [0.3, 0.4) is 0 Å². The Morgan fingerprint density at radius 2 is 1.59 bits per heavy atom. The monoisotopic (exact) mass is 757 g/mol. The summed E-state index contributed by atoms with van der Waals surface area (Å²) in [6.07, 6.45) is 0.321. The molecule has 5 aromatic carbocycles. The fraction of sp³-hybridized carbons (Fsp3) is 0.295. The van der Waals surface area contributed by atoms with Gasteiger partial charge < -0.3 is 30.1 Å². The van der Waals surface area contributed by atoms with Crippen molar-refractivity contribution in [2.24, 2.45) is 0 Å². The number of hydrogen-bond acceptors (Lipinski definition) is 6. The van der Waals surface area contributed by atoms with Crippen LogP contribution >= 0.6 is 0 Å². The lowest BCUT2D eigenvalue weighted by atomic mass is 10.0. The molecule has 0 aliphatic carbocycles. The number of halogens is 1. The first-order chi connectivity index (χ1) is 27.0. The number of hydrogen-bond donors (Lipinski definition) is 2. The lowest BCUT2D eigenvalue weighted by Gasteiger charge is -2.28. The standard InChI is InChI=1S/C44H44FN5O6/c1-48-26-42(53)50-25-34(47-40(51)21-28-14-15-29-8-3-4-10-31(29)20-28)23-35(50)27-56-39-18-16-33(45)22-37(39)44(55)49(2)38(17-19-41(48)52)43(54)46-24-32-12-7-11-30-9-5-6-13-36(30)32/h3-16,18,20,22,34-35,38H,17,19,21,23-27H2,1-2H3,(H,46,54)(H,47,51)/t34-,35-,38-/m0/s1. The van der Waals surface area contributed by atoms with Gasteiger partial charge in [0.2, 0.25) is 23.6 Å². The molecule has 0 saturated carbocycles. The van der Waals surface area contributed by atoms with Crippen LogP contribution in [0.25, 0.3) is 21.5 Å². The number of rotatable bonds is 6. The predicted molar refractivity (Wildman–Crippen MR) is 210 cm³/mol. The van der Waals surface area contributed by atoms with Gasteiger partial charge >= 0.3 is 0 Å². The van der Waals surface area contributed by atoms with Crippen LogP contribution in [0.2, 0.25) is 0 Å². The second-order valence-corrected chi connectivity index (χ2v) is 14.6. The summed E-state index contributed by atoms with van der Waals surface area (Å²) in [6, 6.07) is 28.9. The Bertz CT molecular complexity index is 2310. The van der Waals surface area contributed by atoms with Crippen LogP contribution in [-0.2, 0) is 32.1 Å². The molecule has 0 aromatic heterocycles. The number of nitrogens with one attached hydrogen (secondary N) is 2. The third-order valence-electron chi connectivity index (χ3n) is 10.7. The molecule has 2 aliphatic rings. The highest BCUT2D eigenvalue weighted by Crippen LogP contribution is 2.27. The van der Waals surface area contributed by atoms with Gasteiger partial charge in [0.25, 0.3) is 5.91 Å². The highest BCUT2D eigenvalue weighted by atomic mass is 19.1. The molecule has 2 aliphatic heterocycles. The van der Waals surface area contributed by atoms with Gasteiger partial charge in [0.05, 0.1) is 24.6 Å². The van der Waals surface area contributed by atoms with E-state index in [2.05, 4.69) is 10.6 Å². The Balaban J connectivity index is 1.09. The van der Waals surface area contributed by atoms with Crippen molar-refractivity contribution in [3.05, 3.63) is 126 Å². The number of nitrogens with zero attached hydrogens (tertiary/aromatic N) is 3. The highest BCUT2D eigenvalue weighted by molar-refractivity contribution is 6.00. The topological polar surface area (TPSA) is 128 Å². The predicted octanol–water partition coefficient (Wildman–Crippen LogP) is 4.85. The molecule has 12 heteroatoms. The second-order valence-electron chi connectivity index (χ2n) is 14.6. The van der Waals surface area contributed by atoms with Gasteiger partial charge in [0, 0.05) is 39.6 Å². The summed E-state index contributed by atoms with van der Waals surface area (Å²) in [4.78, 5) is 72.6. The van der Waals surface area contributed by atoms with Crippen LogP contribution in [0.4, 0.5) is 4.39 Å². The molecule has 0 bridgehead atoms. The van der Waals surface area contributed by atoms with Crippen molar-refractivity contribution in [1.29, 1.82) is 0 Å². The molecule has 3 atom stereocenters. The van der Waals surface area contributed by atoms with Crippen LogP contribution in [0.5, 0.6) is 5.75 Å². The van der Waals surface area contributed by atoms with Crippen LogP contribution in [0, 0.1) is 5.82 Å². The lowest BCUT2D eigenvalue weighted by molar-refractivity contribution is -0.140. The van der Waals surface area contributed by atoms with Crippen molar-refractivity contribution in [2.75, 3.05) is 33.8 Å². The van der Waals surface area contributed by atoms with E-state index in [-0.39, 0.29) is 74.5 Å². The van der Waals surface area contributed by atoms with E-state index >= 15 is 0 Å². The number of fused-ring (bicyclic) bond motifs is 4. The number of carbonyl (C=O) groups excluding carboxylic acids is 5. The third kappa shape index (κ3) is 8.49. The minimum Gasteiger partial charge on any atom is -0.491 e. The Morgan fingerprint density at radius 3 is 2.41 bits per heavy atom. The fourth-order valence-corrected chi connectivity index (χ4v) is 7.69. The average Bonchev–Trinajstić information content (AvgIpc) is 3.60. The van der Waals surface area contributed by atoms with Gasteiger partial charge in [0.1, 0.15) is 24.2 Å². The van der Waals surface area contributed by atoms with E-state index in [1.54, 1.807) is 4.90 Å². The molecule has 56 heavy (non-hydrogen) atoms. The molecule has 7 rings (SSSR count). The third-order valence-corrected chi connectivity index (χ3v) is 10.7. The van der Waals surface area contributed by atoms with Crippen LogP contribution in [0.15, 0.2) is 103 Å². The minimum absolute atomic E-state index is 0.0515. The zero-order valence-corrected chi connectivity index (χ0v) is 31.4. The quantitative estimate of drug-likeness (QED) is 0.255. The number of likely N-dealkylation sites (N-methyl/N-ethyl adjacent to an activating group) is 2. The summed E-state index contributed by atoms with van der Waals surface area (Å²) < 4.78 is 20.9. The number of benzene rings is 5. The molecule has 1 fully saturated rings. The van der Waals surface area contributed by atoms with E-state index in [0.717, 1.165) is 38.7 Å². The van der Waals surface area contributed by atoms with Gasteiger partial charge in [-0.25, -0.2) is 4.39 Å². The molecule has 5 aromatic rings. The number of carbonyl (C=O) groups is 5. The first kappa shape index (κ1) is 38.0. The highest BCUT2D eigenvalue weighted by Gasteiger charge is 2.38. The van der Waals surface area contributed by atoms with Gasteiger partial charge in [-0.05, 0) is 63.7 Å². The first-order valence-corrected chi connectivity index (χ1v) is 18.8. The van der Waals surface area contributed by atoms with Gasteiger partial charge in [-0.15, -0.1) is 0 Å². The van der Waals surface area contributed by atoms with Gasteiger partial charge in [0.15, 0.2) is 0 Å². The van der Waals surface area contributed by atoms with E-state index in [0.29, 0.717) is 6.42 Å². The summed E-state index contributed by atoms with van der Waals surface area (Å²) in [6.45, 7) is 0.0688. The molecule has 288 valence electrons. The van der Waals surface area contributed by atoms with Crippen LogP contribution < -0.4 is 15.4 Å². The van der Waals surface area contributed by atoms with Crippen molar-refractivity contribution in [3.8, 4) is 5.75 Å². The summed E-state index contributed by atoms with van der Waals surface area (Å²) >= 11 is 0. The molecule has 2 heterocycles. The maximum Gasteiger partial charge on any atom is 0.258 e. The Kier molecular flexibility index (Phi) is 11.3. The number of amides is 5. The molecule has 11 nitrogen and oxygen atoms in total. The maximum atomic E-state index is 14.7. The molecule has 0 spiro atoms. The minimum atomic E-state index is -1.10. The Labute approximate surface area is 324 Å². The van der Waals surface area contributed by atoms with E-state index in [4.69, 9.17) is 4.74 Å². The normalized spacial score (nSPS) is 19.5. The Morgan fingerprint density at radius 1 is 0.839 bits per heavy atom. The Hall–Kier alpha value is -6.30. The molecular formula is C44H44FN5O6.